The molecule has 0 fully saturated rings. The van der Waals surface area contributed by atoms with E-state index in [4.69, 9.17) is 11.6 Å². The molecule has 2 amide bonds. The number of carbonyl (C=O) groups excluding carboxylic acids is 2. The van der Waals surface area contributed by atoms with E-state index in [2.05, 4.69) is 5.32 Å². The third-order valence-electron chi connectivity index (χ3n) is 7.76. The molecule has 0 aromatic heterocycles. The Morgan fingerprint density at radius 2 is 1.41 bits per heavy atom. The Balaban J connectivity index is 1.81. The summed E-state index contributed by atoms with van der Waals surface area (Å²) in [6.07, 6.45) is 0.253. The molecule has 4 aromatic rings. The van der Waals surface area contributed by atoms with Crippen molar-refractivity contribution in [3.05, 3.63) is 130 Å². The lowest BCUT2D eigenvalue weighted by Gasteiger charge is -2.34. The van der Waals surface area contributed by atoms with Crippen LogP contribution in [0.1, 0.15) is 41.7 Å². The topological polar surface area (TPSA) is 86.8 Å². The fourth-order valence-electron chi connectivity index (χ4n) is 4.97. The van der Waals surface area contributed by atoms with Gasteiger partial charge in [0, 0.05) is 24.5 Å². The van der Waals surface area contributed by atoms with E-state index < -0.39 is 28.5 Å². The second-order valence-electron chi connectivity index (χ2n) is 12.1. The van der Waals surface area contributed by atoms with E-state index in [1.54, 1.807) is 30.3 Å². The molecule has 242 valence electrons. The third-order valence-corrected chi connectivity index (χ3v) is 9.96. The number of amides is 2. The van der Waals surface area contributed by atoms with Crippen LogP contribution in [-0.4, -0.2) is 44.3 Å². The Bertz CT molecular complexity index is 1740. The van der Waals surface area contributed by atoms with Gasteiger partial charge in [-0.2, -0.15) is 0 Å². The van der Waals surface area contributed by atoms with Crippen molar-refractivity contribution in [3.8, 4) is 0 Å². The summed E-state index contributed by atoms with van der Waals surface area (Å²) in [5, 5.41) is 3.39. The minimum atomic E-state index is -4.21. The SMILES string of the molecule is Cc1ccc(CN(C(=O)CN(c2ccc(C)c(Cl)c2)S(=O)(=O)c2ccc(C)cc2)[C@@H](Cc2ccccc2)C(=O)NCC(C)C)cc1. The first-order valence-corrected chi connectivity index (χ1v) is 17.2. The summed E-state index contributed by atoms with van der Waals surface area (Å²) in [6.45, 7) is 9.69. The van der Waals surface area contributed by atoms with Crippen molar-refractivity contribution in [1.29, 1.82) is 0 Å². The highest BCUT2D eigenvalue weighted by molar-refractivity contribution is 7.92. The van der Waals surface area contributed by atoms with E-state index in [-0.39, 0.29) is 35.4 Å². The minimum Gasteiger partial charge on any atom is -0.354 e. The van der Waals surface area contributed by atoms with Gasteiger partial charge in [0.15, 0.2) is 0 Å². The molecule has 1 atom stereocenters. The average molecular weight is 660 g/mol. The maximum absolute atomic E-state index is 14.6. The zero-order chi connectivity index (χ0) is 33.4. The van der Waals surface area contributed by atoms with E-state index >= 15 is 0 Å². The summed E-state index contributed by atoms with van der Waals surface area (Å²) in [4.78, 5) is 30.0. The molecule has 0 aliphatic heterocycles. The Morgan fingerprint density at radius 1 is 0.804 bits per heavy atom. The van der Waals surface area contributed by atoms with Crippen molar-refractivity contribution in [2.45, 2.75) is 58.5 Å². The van der Waals surface area contributed by atoms with Crippen molar-refractivity contribution in [2.24, 2.45) is 5.92 Å². The van der Waals surface area contributed by atoms with Gasteiger partial charge >= 0.3 is 0 Å². The number of carbonyl (C=O) groups is 2. The number of nitrogens with zero attached hydrogens (tertiary/aromatic N) is 2. The zero-order valence-corrected chi connectivity index (χ0v) is 28.6. The van der Waals surface area contributed by atoms with Crippen LogP contribution in [-0.2, 0) is 32.6 Å². The molecule has 46 heavy (non-hydrogen) atoms. The van der Waals surface area contributed by atoms with E-state index in [1.165, 1.54) is 17.0 Å². The first kappa shape index (κ1) is 34.7. The van der Waals surface area contributed by atoms with Crippen LogP contribution in [0.3, 0.4) is 0 Å². The predicted octanol–water partition coefficient (Wildman–Crippen LogP) is 6.87. The molecular formula is C37H42ClN3O4S. The van der Waals surface area contributed by atoms with Crippen LogP contribution in [0.5, 0.6) is 0 Å². The molecule has 4 aromatic carbocycles. The lowest BCUT2D eigenvalue weighted by Crippen LogP contribution is -2.53. The first-order valence-electron chi connectivity index (χ1n) is 15.4. The summed E-state index contributed by atoms with van der Waals surface area (Å²) < 4.78 is 29.5. The molecule has 0 aliphatic rings. The molecule has 9 heteroatoms. The third kappa shape index (κ3) is 8.98. The monoisotopic (exact) mass is 659 g/mol. The summed E-state index contributed by atoms with van der Waals surface area (Å²) in [6, 6.07) is 27.7. The fourth-order valence-corrected chi connectivity index (χ4v) is 6.55. The highest BCUT2D eigenvalue weighted by Gasteiger charge is 2.34. The standard InChI is InChI=1S/C37H42ClN3O4S/c1-26(2)23-39-37(43)35(21-30-9-7-6-8-10-30)40(24-31-16-11-27(3)12-17-31)36(42)25-41(32-18-15-29(5)34(38)22-32)46(44,45)33-19-13-28(4)14-20-33/h6-20,22,26,35H,21,23-25H2,1-5H3,(H,39,43)/t35-/m0/s1. The average Bonchev–Trinajstić information content (AvgIpc) is 3.03. The maximum atomic E-state index is 14.6. The first-order chi connectivity index (χ1) is 21.8. The molecule has 0 saturated carbocycles. The van der Waals surface area contributed by atoms with Gasteiger partial charge in [0.2, 0.25) is 11.8 Å². The van der Waals surface area contributed by atoms with Gasteiger partial charge in [-0.25, -0.2) is 8.42 Å². The lowest BCUT2D eigenvalue weighted by molar-refractivity contribution is -0.140. The largest absolute Gasteiger partial charge is 0.354 e. The number of rotatable bonds is 13. The Morgan fingerprint density at radius 3 is 2.00 bits per heavy atom. The Labute approximate surface area is 278 Å². The van der Waals surface area contributed by atoms with Crippen molar-refractivity contribution in [3.63, 3.8) is 0 Å². The van der Waals surface area contributed by atoms with Crippen LogP contribution >= 0.6 is 11.6 Å². The summed E-state index contributed by atoms with van der Waals surface area (Å²) >= 11 is 6.47. The minimum absolute atomic E-state index is 0.0446. The second-order valence-corrected chi connectivity index (χ2v) is 14.4. The van der Waals surface area contributed by atoms with Crippen LogP contribution in [0.2, 0.25) is 5.02 Å². The highest BCUT2D eigenvalue weighted by atomic mass is 35.5. The molecule has 0 bridgehead atoms. The van der Waals surface area contributed by atoms with Gasteiger partial charge in [0.25, 0.3) is 10.0 Å². The molecule has 1 N–H and O–H groups in total. The maximum Gasteiger partial charge on any atom is 0.264 e. The molecule has 7 nitrogen and oxygen atoms in total. The smallest absolute Gasteiger partial charge is 0.264 e. The number of anilines is 1. The zero-order valence-electron chi connectivity index (χ0n) is 27.0. The van der Waals surface area contributed by atoms with Crippen molar-refractivity contribution < 1.29 is 18.0 Å². The van der Waals surface area contributed by atoms with Crippen LogP contribution < -0.4 is 9.62 Å². The van der Waals surface area contributed by atoms with Gasteiger partial charge in [0.1, 0.15) is 12.6 Å². The number of aryl methyl sites for hydroxylation is 3. The molecular weight excluding hydrogens is 618 g/mol. The van der Waals surface area contributed by atoms with Gasteiger partial charge in [-0.3, -0.25) is 13.9 Å². The Hall–Kier alpha value is -4.14. The predicted molar refractivity (Wildman–Crippen MR) is 185 cm³/mol. The molecule has 0 unspecified atom stereocenters. The molecule has 0 saturated heterocycles. The fraction of sp³-hybridized carbons (Fsp3) is 0.297. The van der Waals surface area contributed by atoms with Gasteiger partial charge in [-0.1, -0.05) is 109 Å². The number of hydrogen-bond acceptors (Lipinski definition) is 4. The van der Waals surface area contributed by atoms with Crippen LogP contribution in [0.15, 0.2) is 102 Å². The van der Waals surface area contributed by atoms with Crippen molar-refractivity contribution in [1.82, 2.24) is 10.2 Å². The second kappa shape index (κ2) is 15.4. The van der Waals surface area contributed by atoms with Gasteiger partial charge in [0.05, 0.1) is 10.6 Å². The Kier molecular flexibility index (Phi) is 11.7. The lowest BCUT2D eigenvalue weighted by atomic mass is 10.0. The molecule has 0 aliphatic carbocycles. The van der Waals surface area contributed by atoms with E-state index in [0.29, 0.717) is 11.6 Å². The summed E-state index contributed by atoms with van der Waals surface area (Å²) in [5.41, 5.74) is 4.69. The van der Waals surface area contributed by atoms with Crippen LogP contribution in [0.25, 0.3) is 0 Å². The molecule has 4 rings (SSSR count). The molecule has 0 radical (unpaired) electrons. The summed E-state index contributed by atoms with van der Waals surface area (Å²) in [7, 11) is -4.21. The summed E-state index contributed by atoms with van der Waals surface area (Å²) in [5.74, 6) is -0.623. The normalized spacial score (nSPS) is 12.1. The van der Waals surface area contributed by atoms with Crippen LogP contribution in [0, 0.1) is 26.7 Å². The highest BCUT2D eigenvalue weighted by Crippen LogP contribution is 2.29. The number of nitrogens with one attached hydrogen (secondary N) is 1. The number of hydrogen-bond donors (Lipinski definition) is 1. The number of halogens is 1. The van der Waals surface area contributed by atoms with Gasteiger partial charge in [-0.15, -0.1) is 0 Å². The number of sulfonamides is 1. The van der Waals surface area contributed by atoms with Crippen molar-refractivity contribution in [2.75, 3.05) is 17.4 Å². The molecule has 0 heterocycles. The van der Waals surface area contributed by atoms with E-state index in [9.17, 15) is 18.0 Å². The van der Waals surface area contributed by atoms with Gasteiger partial charge < -0.3 is 10.2 Å². The van der Waals surface area contributed by atoms with Crippen molar-refractivity contribution >= 4 is 39.1 Å². The van der Waals surface area contributed by atoms with Crippen LogP contribution in [0.4, 0.5) is 5.69 Å². The quantitative estimate of drug-likeness (QED) is 0.170. The van der Waals surface area contributed by atoms with E-state index in [0.717, 1.165) is 32.1 Å². The molecule has 0 spiro atoms. The number of benzene rings is 4. The van der Waals surface area contributed by atoms with E-state index in [1.807, 2.05) is 89.2 Å². The van der Waals surface area contributed by atoms with Gasteiger partial charge in [-0.05, 0) is 67.6 Å².